The Hall–Kier alpha value is -1.69. The highest BCUT2D eigenvalue weighted by molar-refractivity contribution is 5.71. The Bertz CT molecular complexity index is 509. The topological polar surface area (TPSA) is 49.8 Å². The number of para-hydroxylation sites is 1. The normalized spacial score (nSPS) is 24.2. The zero-order valence-corrected chi connectivity index (χ0v) is 12.0. The van der Waals surface area contributed by atoms with Crippen molar-refractivity contribution in [3.8, 4) is 5.75 Å². The third-order valence-corrected chi connectivity index (χ3v) is 4.20. The van der Waals surface area contributed by atoms with Crippen LogP contribution in [0.2, 0.25) is 0 Å². The summed E-state index contributed by atoms with van der Waals surface area (Å²) in [6.45, 7) is 1.50. The second-order valence-electron chi connectivity index (χ2n) is 5.30. The summed E-state index contributed by atoms with van der Waals surface area (Å²) in [4.78, 5) is 13.2. The summed E-state index contributed by atoms with van der Waals surface area (Å²) >= 11 is 0. The minimum atomic E-state index is -2.87. The summed E-state index contributed by atoms with van der Waals surface area (Å²) in [5.74, 6) is -1.09. The fourth-order valence-corrected chi connectivity index (χ4v) is 3.05. The molecule has 1 aromatic carbocycles. The van der Waals surface area contributed by atoms with E-state index in [4.69, 9.17) is 0 Å². The van der Waals surface area contributed by atoms with Gasteiger partial charge in [-0.1, -0.05) is 18.2 Å². The van der Waals surface area contributed by atoms with E-state index in [-0.39, 0.29) is 17.8 Å². The lowest BCUT2D eigenvalue weighted by molar-refractivity contribution is -0.142. The van der Waals surface area contributed by atoms with Gasteiger partial charge in [0.05, 0.1) is 5.92 Å². The maximum atomic E-state index is 12.5. The van der Waals surface area contributed by atoms with Crippen molar-refractivity contribution in [3.63, 3.8) is 0 Å². The van der Waals surface area contributed by atoms with Gasteiger partial charge in [0.2, 0.25) is 0 Å². The van der Waals surface area contributed by atoms with Crippen LogP contribution in [0.1, 0.15) is 31.9 Å². The van der Waals surface area contributed by atoms with Gasteiger partial charge in [0, 0.05) is 17.6 Å². The van der Waals surface area contributed by atoms with Crippen LogP contribution >= 0.6 is 0 Å². The summed E-state index contributed by atoms with van der Waals surface area (Å²) in [5.41, 5.74) is 0.649. The van der Waals surface area contributed by atoms with Gasteiger partial charge in [0.1, 0.15) is 5.75 Å². The summed E-state index contributed by atoms with van der Waals surface area (Å²) in [7, 11) is 0. The standard InChI is InChI=1S/C15H19F2NO3/c1-9(18-8-7-12(10(18)2)14(19)20)11-5-3-4-6-13(11)21-15(16)17/h3-6,9-10,12,15H,7-8H2,1-2H3,(H,19,20). The van der Waals surface area contributed by atoms with E-state index in [1.165, 1.54) is 6.07 Å². The maximum absolute atomic E-state index is 12.5. The van der Waals surface area contributed by atoms with E-state index in [2.05, 4.69) is 4.74 Å². The predicted molar refractivity (Wildman–Crippen MR) is 73.4 cm³/mol. The molecule has 1 fully saturated rings. The average Bonchev–Trinajstić information content (AvgIpc) is 2.80. The second kappa shape index (κ2) is 6.39. The van der Waals surface area contributed by atoms with Crippen LogP contribution in [-0.4, -0.2) is 35.2 Å². The molecule has 0 spiro atoms. The molecule has 4 nitrogen and oxygen atoms in total. The molecule has 6 heteroatoms. The van der Waals surface area contributed by atoms with Crippen molar-refractivity contribution in [2.24, 2.45) is 5.92 Å². The molecule has 1 heterocycles. The van der Waals surface area contributed by atoms with Gasteiger partial charge in [0.25, 0.3) is 0 Å². The van der Waals surface area contributed by atoms with Crippen LogP contribution in [0.3, 0.4) is 0 Å². The number of halogens is 2. The third kappa shape index (κ3) is 3.32. The zero-order chi connectivity index (χ0) is 15.6. The van der Waals surface area contributed by atoms with Gasteiger partial charge in [-0.05, 0) is 32.9 Å². The van der Waals surface area contributed by atoms with Gasteiger partial charge in [-0.15, -0.1) is 0 Å². The molecule has 1 aliphatic rings. The Morgan fingerprint density at radius 3 is 2.67 bits per heavy atom. The summed E-state index contributed by atoms with van der Waals surface area (Å²) in [6, 6.07) is 6.33. The van der Waals surface area contributed by atoms with Crippen molar-refractivity contribution in [3.05, 3.63) is 29.8 Å². The summed E-state index contributed by atoms with van der Waals surface area (Å²) in [6.07, 6.45) is 0.568. The van der Waals surface area contributed by atoms with Crippen LogP contribution in [0.15, 0.2) is 24.3 Å². The number of nitrogens with zero attached hydrogens (tertiary/aromatic N) is 1. The lowest BCUT2D eigenvalue weighted by atomic mass is 10.0. The number of hydrogen-bond donors (Lipinski definition) is 1. The molecule has 21 heavy (non-hydrogen) atoms. The highest BCUT2D eigenvalue weighted by Crippen LogP contribution is 2.36. The predicted octanol–water partition coefficient (Wildman–Crippen LogP) is 3.14. The number of likely N-dealkylation sites (tertiary alicyclic amines) is 1. The highest BCUT2D eigenvalue weighted by atomic mass is 19.3. The number of carboxylic acid groups (broad SMARTS) is 1. The fourth-order valence-electron chi connectivity index (χ4n) is 3.05. The largest absolute Gasteiger partial charge is 0.481 e. The van der Waals surface area contributed by atoms with Crippen molar-refractivity contribution in [2.45, 2.75) is 39.0 Å². The van der Waals surface area contributed by atoms with Crippen molar-refractivity contribution < 1.29 is 23.4 Å². The molecule has 1 saturated heterocycles. The molecule has 116 valence electrons. The van der Waals surface area contributed by atoms with Gasteiger partial charge >= 0.3 is 12.6 Å². The first-order valence-corrected chi connectivity index (χ1v) is 6.94. The molecule has 0 aromatic heterocycles. The number of hydrogen-bond acceptors (Lipinski definition) is 3. The quantitative estimate of drug-likeness (QED) is 0.907. The van der Waals surface area contributed by atoms with E-state index in [1.807, 2.05) is 18.7 Å². The Kier molecular flexibility index (Phi) is 4.77. The molecule has 2 rings (SSSR count). The summed E-state index contributed by atoms with van der Waals surface area (Å²) < 4.78 is 29.5. The maximum Gasteiger partial charge on any atom is 0.387 e. The van der Waals surface area contributed by atoms with Gasteiger partial charge < -0.3 is 9.84 Å². The first kappa shape index (κ1) is 15.7. The zero-order valence-electron chi connectivity index (χ0n) is 12.0. The number of rotatable bonds is 5. The first-order valence-electron chi connectivity index (χ1n) is 6.94. The molecular formula is C15H19F2NO3. The number of carbonyl (C=O) groups is 1. The number of aliphatic carboxylic acids is 1. The third-order valence-electron chi connectivity index (χ3n) is 4.20. The molecule has 1 N–H and O–H groups in total. The molecule has 3 unspecified atom stereocenters. The molecule has 0 aliphatic carbocycles. The van der Waals surface area contributed by atoms with Crippen LogP contribution in [0.25, 0.3) is 0 Å². The first-order chi connectivity index (χ1) is 9.91. The Balaban J connectivity index is 2.21. The van der Waals surface area contributed by atoms with E-state index >= 15 is 0 Å². The molecule has 1 aliphatic heterocycles. The van der Waals surface area contributed by atoms with Crippen LogP contribution in [0.5, 0.6) is 5.75 Å². The minimum absolute atomic E-state index is 0.142. The fraction of sp³-hybridized carbons (Fsp3) is 0.533. The van der Waals surface area contributed by atoms with E-state index in [1.54, 1.807) is 18.2 Å². The van der Waals surface area contributed by atoms with Crippen molar-refractivity contribution >= 4 is 5.97 Å². The Morgan fingerprint density at radius 1 is 1.43 bits per heavy atom. The Morgan fingerprint density at radius 2 is 2.10 bits per heavy atom. The van der Waals surface area contributed by atoms with Crippen LogP contribution in [0, 0.1) is 5.92 Å². The van der Waals surface area contributed by atoms with Crippen molar-refractivity contribution in [1.29, 1.82) is 0 Å². The van der Waals surface area contributed by atoms with E-state index in [0.29, 0.717) is 18.5 Å². The van der Waals surface area contributed by atoms with Crippen LogP contribution in [0.4, 0.5) is 8.78 Å². The van der Waals surface area contributed by atoms with Gasteiger partial charge in [0.15, 0.2) is 0 Å². The SMILES string of the molecule is CC(c1ccccc1OC(F)F)N1CCC(C(=O)O)C1C. The summed E-state index contributed by atoms with van der Waals surface area (Å²) in [5, 5.41) is 9.18. The van der Waals surface area contributed by atoms with E-state index in [9.17, 15) is 18.7 Å². The molecule has 3 atom stereocenters. The molecular weight excluding hydrogens is 280 g/mol. The van der Waals surface area contributed by atoms with Gasteiger partial charge in [-0.3, -0.25) is 9.69 Å². The van der Waals surface area contributed by atoms with Crippen molar-refractivity contribution in [2.75, 3.05) is 6.54 Å². The molecule has 0 saturated carbocycles. The monoisotopic (exact) mass is 299 g/mol. The van der Waals surface area contributed by atoms with Crippen molar-refractivity contribution in [1.82, 2.24) is 4.90 Å². The molecule has 1 aromatic rings. The number of benzene rings is 1. The number of carboxylic acids is 1. The smallest absolute Gasteiger partial charge is 0.387 e. The minimum Gasteiger partial charge on any atom is -0.481 e. The van der Waals surface area contributed by atoms with Crippen LogP contribution in [-0.2, 0) is 4.79 Å². The number of alkyl halides is 2. The second-order valence-corrected chi connectivity index (χ2v) is 5.30. The average molecular weight is 299 g/mol. The molecule has 0 bridgehead atoms. The van der Waals surface area contributed by atoms with Crippen LogP contribution < -0.4 is 4.74 Å². The van der Waals surface area contributed by atoms with E-state index in [0.717, 1.165) is 0 Å². The van der Waals surface area contributed by atoms with Gasteiger partial charge in [-0.25, -0.2) is 0 Å². The lowest BCUT2D eigenvalue weighted by Gasteiger charge is -2.30. The lowest BCUT2D eigenvalue weighted by Crippen LogP contribution is -2.35. The Labute approximate surface area is 122 Å². The molecule has 0 amide bonds. The van der Waals surface area contributed by atoms with Gasteiger partial charge in [-0.2, -0.15) is 8.78 Å². The molecule has 0 radical (unpaired) electrons. The highest BCUT2D eigenvalue weighted by Gasteiger charge is 2.38. The number of ether oxygens (including phenoxy) is 1. The van der Waals surface area contributed by atoms with E-state index < -0.39 is 18.5 Å².